The highest BCUT2D eigenvalue weighted by Crippen LogP contribution is 2.62. The molecular weight excluding hydrogens is 352 g/mol. The van der Waals surface area contributed by atoms with Crippen LogP contribution < -0.4 is 0 Å². The molecule has 28 heavy (non-hydrogen) atoms. The molecule has 4 heteroatoms. The predicted molar refractivity (Wildman–Crippen MR) is 110 cm³/mol. The van der Waals surface area contributed by atoms with Crippen molar-refractivity contribution in [2.75, 3.05) is 6.61 Å². The van der Waals surface area contributed by atoms with Gasteiger partial charge in [-0.3, -0.25) is 9.59 Å². The third-order valence-electron chi connectivity index (χ3n) is 7.81. The highest BCUT2D eigenvalue weighted by atomic mass is 16.5. The van der Waals surface area contributed by atoms with E-state index in [1.165, 1.54) is 31.3 Å². The molecule has 0 unspecified atom stereocenters. The van der Waals surface area contributed by atoms with Gasteiger partial charge in [0.1, 0.15) is 0 Å². The number of esters is 1. The number of carbonyl (C=O) groups is 2. The van der Waals surface area contributed by atoms with Gasteiger partial charge in [0.15, 0.2) is 0 Å². The van der Waals surface area contributed by atoms with Gasteiger partial charge in [-0.2, -0.15) is 0 Å². The average Bonchev–Trinajstić information content (AvgIpc) is 2.64. The summed E-state index contributed by atoms with van der Waals surface area (Å²) >= 11 is 0. The maximum absolute atomic E-state index is 12.0. The lowest BCUT2D eigenvalue weighted by Gasteiger charge is -2.58. The van der Waals surface area contributed by atoms with Gasteiger partial charge in [0.2, 0.25) is 0 Å². The highest BCUT2D eigenvalue weighted by Gasteiger charge is 2.54. The van der Waals surface area contributed by atoms with E-state index in [2.05, 4.69) is 39.8 Å². The Morgan fingerprint density at radius 2 is 2.00 bits per heavy atom. The molecule has 3 rings (SSSR count). The zero-order valence-corrected chi connectivity index (χ0v) is 17.9. The van der Waals surface area contributed by atoms with Crippen molar-refractivity contribution in [1.82, 2.24) is 0 Å². The van der Waals surface area contributed by atoms with E-state index in [9.17, 15) is 9.59 Å². The number of ether oxygens (including phenoxy) is 1. The molecule has 4 nitrogen and oxygen atoms in total. The number of carboxylic acid groups (broad SMARTS) is 1. The SMILES string of the molecule is CC(C)C1=CC2=CC[C@H]3[C@](C)(COC(=O)CCC(=O)O)CCC[C@]3(C)[C@H]2CC1. The van der Waals surface area contributed by atoms with Gasteiger partial charge in [-0.25, -0.2) is 0 Å². The van der Waals surface area contributed by atoms with Gasteiger partial charge in [0, 0.05) is 5.41 Å². The second-order valence-corrected chi connectivity index (χ2v) is 10.0. The van der Waals surface area contributed by atoms with E-state index >= 15 is 0 Å². The van der Waals surface area contributed by atoms with Gasteiger partial charge in [-0.1, -0.05) is 51.8 Å². The summed E-state index contributed by atoms with van der Waals surface area (Å²) in [5.74, 6) is 0.392. The topological polar surface area (TPSA) is 63.6 Å². The molecule has 0 aromatic heterocycles. The smallest absolute Gasteiger partial charge is 0.306 e. The first-order valence-corrected chi connectivity index (χ1v) is 10.9. The van der Waals surface area contributed by atoms with Crippen LogP contribution in [-0.4, -0.2) is 23.7 Å². The fourth-order valence-electron chi connectivity index (χ4n) is 6.17. The molecule has 0 aliphatic heterocycles. The number of rotatable bonds is 6. The number of carbonyl (C=O) groups excluding carboxylic acids is 1. The number of hydrogen-bond donors (Lipinski definition) is 1. The largest absolute Gasteiger partial charge is 0.481 e. The van der Waals surface area contributed by atoms with Crippen LogP contribution in [0.15, 0.2) is 23.3 Å². The number of aliphatic carboxylic acids is 1. The van der Waals surface area contributed by atoms with Crippen LogP contribution in [0, 0.1) is 28.6 Å². The van der Waals surface area contributed by atoms with Crippen LogP contribution in [0.5, 0.6) is 0 Å². The summed E-state index contributed by atoms with van der Waals surface area (Å²) in [6, 6.07) is 0. The first-order valence-electron chi connectivity index (χ1n) is 10.9. The summed E-state index contributed by atoms with van der Waals surface area (Å²) in [6.07, 6.45) is 11.7. The van der Waals surface area contributed by atoms with Gasteiger partial charge < -0.3 is 9.84 Å². The van der Waals surface area contributed by atoms with E-state index in [1.54, 1.807) is 5.57 Å². The Balaban J connectivity index is 1.75. The Morgan fingerprint density at radius 3 is 2.68 bits per heavy atom. The standard InChI is InChI=1S/C24H36O4/c1-16(2)17-6-8-19-18(14-17)7-9-20-23(3,12-5-13-24(19,20)4)15-28-22(27)11-10-21(25)26/h7,14,16,19-20H,5-6,8-13,15H2,1-4H3,(H,25,26)/t19-,20-,23-,24+/m0/s1. The fraction of sp³-hybridized carbons (Fsp3) is 0.750. The molecule has 1 saturated carbocycles. The van der Waals surface area contributed by atoms with Crippen LogP contribution in [-0.2, 0) is 14.3 Å². The molecule has 156 valence electrons. The van der Waals surface area contributed by atoms with Crippen LogP contribution >= 0.6 is 0 Å². The second kappa shape index (κ2) is 8.04. The normalized spacial score (nSPS) is 34.8. The van der Waals surface area contributed by atoms with Gasteiger partial charge in [0.05, 0.1) is 19.4 Å². The molecule has 0 aromatic rings. The maximum Gasteiger partial charge on any atom is 0.306 e. The van der Waals surface area contributed by atoms with Crippen LogP contribution in [0.2, 0.25) is 0 Å². The Bertz CT molecular complexity index is 689. The zero-order chi connectivity index (χ0) is 20.5. The molecule has 1 fully saturated rings. The van der Waals surface area contributed by atoms with Gasteiger partial charge in [-0.15, -0.1) is 0 Å². The molecule has 1 N–H and O–H groups in total. The van der Waals surface area contributed by atoms with Crippen molar-refractivity contribution in [2.24, 2.45) is 28.6 Å². The van der Waals surface area contributed by atoms with Crippen molar-refractivity contribution in [1.29, 1.82) is 0 Å². The summed E-state index contributed by atoms with van der Waals surface area (Å²) in [5, 5.41) is 8.76. The molecule has 3 aliphatic rings. The lowest BCUT2D eigenvalue weighted by Crippen LogP contribution is -2.51. The van der Waals surface area contributed by atoms with Gasteiger partial charge in [0.25, 0.3) is 0 Å². The van der Waals surface area contributed by atoms with Gasteiger partial charge in [-0.05, 0) is 60.8 Å². The summed E-state index contributed by atoms with van der Waals surface area (Å²) in [5.41, 5.74) is 3.34. The first kappa shape index (κ1) is 21.1. The monoisotopic (exact) mass is 388 g/mol. The van der Waals surface area contributed by atoms with Gasteiger partial charge >= 0.3 is 11.9 Å². The number of allylic oxidation sites excluding steroid dienone is 4. The maximum atomic E-state index is 12.0. The lowest BCUT2D eigenvalue weighted by molar-refractivity contribution is -0.156. The molecule has 0 spiro atoms. The molecule has 0 aromatic carbocycles. The van der Waals surface area contributed by atoms with E-state index in [0.717, 1.165) is 12.8 Å². The number of fused-ring (bicyclic) bond motifs is 3. The third kappa shape index (κ3) is 4.06. The van der Waals surface area contributed by atoms with Crippen molar-refractivity contribution in [3.05, 3.63) is 23.3 Å². The molecule has 0 heterocycles. The van der Waals surface area contributed by atoms with Crippen molar-refractivity contribution in [2.45, 2.75) is 79.1 Å². The van der Waals surface area contributed by atoms with Crippen molar-refractivity contribution >= 4 is 11.9 Å². The summed E-state index contributed by atoms with van der Waals surface area (Å²) < 4.78 is 5.58. The minimum absolute atomic E-state index is 0.0318. The summed E-state index contributed by atoms with van der Waals surface area (Å²) in [6.45, 7) is 9.73. The summed E-state index contributed by atoms with van der Waals surface area (Å²) in [7, 11) is 0. The third-order valence-corrected chi connectivity index (χ3v) is 7.81. The van der Waals surface area contributed by atoms with E-state index in [0.29, 0.717) is 24.4 Å². The molecule has 0 bridgehead atoms. The van der Waals surface area contributed by atoms with E-state index < -0.39 is 5.97 Å². The number of carboxylic acids is 1. The van der Waals surface area contributed by atoms with E-state index in [4.69, 9.17) is 9.84 Å². The Hall–Kier alpha value is -1.58. The van der Waals surface area contributed by atoms with E-state index in [-0.39, 0.29) is 29.6 Å². The second-order valence-electron chi connectivity index (χ2n) is 10.0. The number of hydrogen-bond acceptors (Lipinski definition) is 3. The molecule has 0 amide bonds. The summed E-state index contributed by atoms with van der Waals surface area (Å²) in [4.78, 5) is 22.7. The average molecular weight is 389 g/mol. The molecular formula is C24H36O4. The molecule has 3 aliphatic carbocycles. The Kier molecular flexibility index (Phi) is 6.07. The molecule has 0 radical (unpaired) electrons. The Morgan fingerprint density at radius 1 is 1.25 bits per heavy atom. The van der Waals surface area contributed by atoms with Crippen molar-refractivity contribution in [3.63, 3.8) is 0 Å². The highest BCUT2D eigenvalue weighted by molar-refractivity contribution is 5.76. The van der Waals surface area contributed by atoms with Crippen molar-refractivity contribution < 1.29 is 19.4 Å². The zero-order valence-electron chi connectivity index (χ0n) is 17.9. The molecule has 0 saturated heterocycles. The lowest BCUT2D eigenvalue weighted by atomic mass is 9.47. The quantitative estimate of drug-likeness (QED) is 0.608. The first-order chi connectivity index (χ1) is 13.2. The predicted octanol–water partition coefficient (Wildman–Crippen LogP) is 5.53. The minimum Gasteiger partial charge on any atom is -0.481 e. The van der Waals surface area contributed by atoms with Crippen molar-refractivity contribution in [3.8, 4) is 0 Å². The van der Waals surface area contributed by atoms with Crippen LogP contribution in [0.4, 0.5) is 0 Å². The van der Waals surface area contributed by atoms with Crippen LogP contribution in [0.1, 0.15) is 79.1 Å². The Labute approximate surface area is 169 Å². The van der Waals surface area contributed by atoms with Crippen LogP contribution in [0.25, 0.3) is 0 Å². The fourth-order valence-corrected chi connectivity index (χ4v) is 6.17. The minimum atomic E-state index is -0.954. The molecule has 4 atom stereocenters. The van der Waals surface area contributed by atoms with Crippen LogP contribution in [0.3, 0.4) is 0 Å². The van der Waals surface area contributed by atoms with E-state index in [1.807, 2.05) is 0 Å².